The molecule has 0 spiro atoms. The number of hydrogen-bond donors (Lipinski definition) is 1. The van der Waals surface area contributed by atoms with Crippen molar-refractivity contribution in [1.29, 1.82) is 0 Å². The van der Waals surface area contributed by atoms with E-state index in [2.05, 4.69) is 33.0 Å². The molecule has 4 nitrogen and oxygen atoms in total. The molecule has 0 amide bonds. The predicted molar refractivity (Wildman–Crippen MR) is 96.9 cm³/mol. The van der Waals surface area contributed by atoms with Crippen LogP contribution in [0.3, 0.4) is 0 Å². The fraction of sp³-hybridized carbons (Fsp3) is 1.00. The maximum absolute atomic E-state index is 13.3. The van der Waals surface area contributed by atoms with Gasteiger partial charge in [0.25, 0.3) is 0 Å². The second-order valence-electron chi connectivity index (χ2n) is 7.05. The summed E-state index contributed by atoms with van der Waals surface area (Å²) in [6.07, 6.45) is 0.903. The Labute approximate surface area is 145 Å². The molecule has 132 valence electrons. The molecule has 22 heavy (non-hydrogen) atoms. The highest BCUT2D eigenvalue weighted by Crippen LogP contribution is 2.60. The Bertz CT molecular complexity index is 396. The van der Waals surface area contributed by atoms with Crippen molar-refractivity contribution in [3.63, 3.8) is 0 Å². The molecule has 1 aliphatic heterocycles. The lowest BCUT2D eigenvalue weighted by Crippen LogP contribution is -2.56. The molecule has 1 rings (SSSR count). The van der Waals surface area contributed by atoms with Crippen molar-refractivity contribution in [2.75, 3.05) is 24.8 Å². The van der Waals surface area contributed by atoms with E-state index in [1.807, 2.05) is 25.6 Å². The van der Waals surface area contributed by atoms with Crippen molar-refractivity contribution in [2.24, 2.45) is 10.8 Å². The van der Waals surface area contributed by atoms with Gasteiger partial charge in [0.1, 0.15) is 5.78 Å². The van der Waals surface area contributed by atoms with E-state index in [1.165, 1.54) is 0 Å². The highest BCUT2D eigenvalue weighted by Gasteiger charge is 2.51. The summed E-state index contributed by atoms with van der Waals surface area (Å²) in [7, 11) is -3.20. The Morgan fingerprint density at radius 2 is 1.86 bits per heavy atom. The molecule has 0 aromatic carbocycles. The van der Waals surface area contributed by atoms with Crippen LogP contribution in [0.2, 0.25) is 0 Å². The Hall–Kier alpha value is 0.750. The Morgan fingerprint density at radius 1 is 1.32 bits per heavy atom. The first-order valence-electron chi connectivity index (χ1n) is 7.95. The minimum atomic E-state index is -3.20. The van der Waals surface area contributed by atoms with Gasteiger partial charge in [0.2, 0.25) is 0 Å². The van der Waals surface area contributed by atoms with Crippen LogP contribution in [0.15, 0.2) is 0 Å². The van der Waals surface area contributed by atoms with Crippen LogP contribution in [-0.4, -0.2) is 36.0 Å². The summed E-state index contributed by atoms with van der Waals surface area (Å²) in [6, 6.07) is 0. The molecule has 0 saturated carbocycles. The molecular weight excluding hydrogens is 341 g/mol. The van der Waals surface area contributed by atoms with Gasteiger partial charge in [-0.15, -0.1) is 23.4 Å². The van der Waals surface area contributed by atoms with Crippen LogP contribution < -0.4 is 5.32 Å². The van der Waals surface area contributed by atoms with Gasteiger partial charge in [-0.1, -0.05) is 27.7 Å². The van der Waals surface area contributed by atoms with E-state index >= 15 is 0 Å². The quantitative estimate of drug-likeness (QED) is 0.484. The molecule has 7 heteroatoms. The fourth-order valence-electron chi connectivity index (χ4n) is 2.69. The fourth-order valence-corrected chi connectivity index (χ4v) is 7.33. The number of nitrogens with one attached hydrogen (secondary N) is 1. The molecule has 0 aromatic heterocycles. The number of thioether (sulfide) groups is 1. The molecule has 0 bridgehead atoms. The second-order valence-corrected chi connectivity index (χ2v) is 10.6. The third kappa shape index (κ3) is 4.87. The zero-order chi connectivity index (χ0) is 17.0. The zero-order valence-electron chi connectivity index (χ0n) is 14.6. The first-order chi connectivity index (χ1) is 10.1. The summed E-state index contributed by atoms with van der Waals surface area (Å²) in [5.41, 5.74) is -0.150. The lowest BCUT2D eigenvalue weighted by molar-refractivity contribution is 0.166. The van der Waals surface area contributed by atoms with Crippen LogP contribution in [-0.2, 0) is 13.6 Å². The molecule has 1 heterocycles. The maximum atomic E-state index is 13.3. The average Bonchev–Trinajstić information content (AvgIpc) is 2.38. The van der Waals surface area contributed by atoms with Gasteiger partial charge in [-0.25, -0.2) is 0 Å². The van der Waals surface area contributed by atoms with Crippen molar-refractivity contribution in [1.82, 2.24) is 5.32 Å². The van der Waals surface area contributed by atoms with E-state index < -0.39 is 7.60 Å². The van der Waals surface area contributed by atoms with Gasteiger partial charge >= 0.3 is 7.60 Å². The standard InChI is InChI=1S/C15H31ClNO3PS/c1-7-19-21(18,20-8-2)12-15(5,6)11-22-13(17-12)14(3,4)9-10-16/h12-13,17H,7-11H2,1-6H3/t12-,13+/m1/s1. The summed E-state index contributed by atoms with van der Waals surface area (Å²) in [5, 5.41) is 3.75. The molecule has 0 unspecified atom stereocenters. The van der Waals surface area contributed by atoms with Crippen molar-refractivity contribution >= 4 is 31.0 Å². The van der Waals surface area contributed by atoms with Crippen LogP contribution in [0, 0.1) is 10.8 Å². The molecule has 1 fully saturated rings. The second kappa shape index (κ2) is 8.22. The van der Waals surface area contributed by atoms with Crippen molar-refractivity contribution < 1.29 is 13.6 Å². The van der Waals surface area contributed by atoms with E-state index in [9.17, 15) is 4.57 Å². The summed E-state index contributed by atoms with van der Waals surface area (Å²) in [6.45, 7) is 13.1. The van der Waals surface area contributed by atoms with Crippen LogP contribution in [0.4, 0.5) is 0 Å². The Morgan fingerprint density at radius 3 is 2.32 bits per heavy atom. The highest BCUT2D eigenvalue weighted by molar-refractivity contribution is 8.00. The maximum Gasteiger partial charge on any atom is 0.348 e. The number of alkyl halides is 1. The highest BCUT2D eigenvalue weighted by atomic mass is 35.5. The van der Waals surface area contributed by atoms with E-state index in [-0.39, 0.29) is 22.0 Å². The predicted octanol–water partition coefficient (Wildman–Crippen LogP) is 4.92. The zero-order valence-corrected chi connectivity index (χ0v) is 17.1. The average molecular weight is 372 g/mol. The molecular formula is C15H31ClNO3PS. The van der Waals surface area contributed by atoms with E-state index in [4.69, 9.17) is 20.6 Å². The van der Waals surface area contributed by atoms with Crippen LogP contribution in [0.25, 0.3) is 0 Å². The molecule has 1 saturated heterocycles. The first-order valence-corrected chi connectivity index (χ1v) is 11.1. The molecule has 0 radical (unpaired) electrons. The Balaban J connectivity index is 3.04. The number of hydrogen-bond acceptors (Lipinski definition) is 5. The smallest absolute Gasteiger partial charge is 0.308 e. The van der Waals surface area contributed by atoms with Crippen molar-refractivity contribution in [3.8, 4) is 0 Å². The van der Waals surface area contributed by atoms with Crippen molar-refractivity contribution in [3.05, 3.63) is 0 Å². The molecule has 0 aromatic rings. The minimum Gasteiger partial charge on any atom is -0.308 e. The first kappa shape index (κ1) is 20.8. The summed E-state index contributed by atoms with van der Waals surface area (Å²) in [4.78, 5) is 0. The number of halogens is 1. The van der Waals surface area contributed by atoms with Crippen molar-refractivity contribution in [2.45, 2.75) is 59.1 Å². The molecule has 2 atom stereocenters. The van der Waals surface area contributed by atoms with Gasteiger partial charge in [0.15, 0.2) is 0 Å². The normalized spacial score (nSPS) is 26.1. The van der Waals surface area contributed by atoms with Gasteiger partial charge in [0.05, 0.1) is 18.6 Å². The van der Waals surface area contributed by atoms with Gasteiger partial charge in [-0.05, 0) is 25.7 Å². The summed E-state index contributed by atoms with van der Waals surface area (Å²) >= 11 is 7.82. The monoisotopic (exact) mass is 371 g/mol. The van der Waals surface area contributed by atoms with Gasteiger partial charge in [-0.2, -0.15) is 0 Å². The molecule has 1 aliphatic rings. The third-order valence-corrected chi connectivity index (χ3v) is 8.98. The van der Waals surface area contributed by atoms with Crippen LogP contribution >= 0.6 is 31.0 Å². The third-order valence-electron chi connectivity index (χ3n) is 4.05. The lowest BCUT2D eigenvalue weighted by atomic mass is 9.88. The van der Waals surface area contributed by atoms with E-state index in [1.54, 1.807) is 0 Å². The van der Waals surface area contributed by atoms with Gasteiger partial charge in [0, 0.05) is 17.0 Å². The molecule has 0 aliphatic carbocycles. The van der Waals surface area contributed by atoms with Crippen LogP contribution in [0.1, 0.15) is 48.0 Å². The minimum absolute atomic E-state index is 0.0183. The lowest BCUT2D eigenvalue weighted by Gasteiger charge is -2.48. The van der Waals surface area contributed by atoms with E-state index in [0.717, 1.165) is 12.2 Å². The summed E-state index contributed by atoms with van der Waals surface area (Å²) in [5.74, 6) is 1.22. The van der Waals surface area contributed by atoms with Crippen LogP contribution in [0.5, 0.6) is 0 Å². The Kier molecular flexibility index (Phi) is 7.77. The van der Waals surface area contributed by atoms with E-state index in [0.29, 0.717) is 19.1 Å². The van der Waals surface area contributed by atoms with Gasteiger partial charge < -0.3 is 9.05 Å². The number of rotatable bonds is 8. The largest absolute Gasteiger partial charge is 0.348 e. The SMILES string of the molecule is CCOP(=O)(OCC)[C@H]1N[C@H](C(C)(C)CCCl)SCC1(C)C. The van der Waals surface area contributed by atoms with Gasteiger partial charge in [-0.3, -0.25) is 9.88 Å². The molecule has 1 N–H and O–H groups in total. The summed E-state index contributed by atoms with van der Waals surface area (Å²) < 4.78 is 24.5. The topological polar surface area (TPSA) is 47.6 Å².